The lowest BCUT2D eigenvalue weighted by atomic mass is 9.98. The first-order chi connectivity index (χ1) is 13.0. The number of nitrogens with zero attached hydrogens (tertiary/aromatic N) is 1. The zero-order valence-electron chi connectivity index (χ0n) is 15.3. The highest BCUT2D eigenvalue weighted by atomic mass is 16.6. The fourth-order valence-corrected chi connectivity index (χ4v) is 3.58. The lowest BCUT2D eigenvalue weighted by Gasteiger charge is -2.25. The molecule has 0 aromatic heterocycles. The number of allylic oxidation sites excluding steroid dienone is 1. The third-order valence-corrected chi connectivity index (χ3v) is 5.02. The summed E-state index contributed by atoms with van der Waals surface area (Å²) in [5, 5.41) is 9.38. The van der Waals surface area contributed by atoms with Gasteiger partial charge in [0.1, 0.15) is 12.6 Å². The molecule has 0 heterocycles. The fourth-order valence-electron chi connectivity index (χ4n) is 3.58. The molecule has 0 unspecified atom stereocenters. The van der Waals surface area contributed by atoms with Gasteiger partial charge in [0.05, 0.1) is 0 Å². The van der Waals surface area contributed by atoms with Gasteiger partial charge in [0, 0.05) is 13.0 Å². The standard InChI is InChI=1S/C22H23NO4/c1-3-4-13-20(21(24)25)23(2)22(26)27-14-19-17-11-7-5-9-15(17)16-10-6-8-12-18(16)19/h3,5-12,19-20H,1,4,13-14H2,2H3,(H,24,25)/t20-/m0/s1. The first kappa shape index (κ1) is 18.7. The van der Waals surface area contributed by atoms with Gasteiger partial charge in [-0.05, 0) is 35.1 Å². The molecule has 1 aliphatic carbocycles. The molecule has 0 spiro atoms. The Balaban J connectivity index is 1.73. The average Bonchev–Trinajstić information content (AvgIpc) is 3.00. The van der Waals surface area contributed by atoms with E-state index < -0.39 is 18.1 Å². The van der Waals surface area contributed by atoms with Gasteiger partial charge >= 0.3 is 12.1 Å². The molecule has 0 aliphatic heterocycles. The summed E-state index contributed by atoms with van der Waals surface area (Å²) in [7, 11) is 1.46. The van der Waals surface area contributed by atoms with E-state index in [4.69, 9.17) is 4.74 Å². The van der Waals surface area contributed by atoms with Gasteiger partial charge in [0.25, 0.3) is 0 Å². The normalized spacial score (nSPS) is 13.4. The number of amides is 1. The van der Waals surface area contributed by atoms with Crippen LogP contribution in [0.4, 0.5) is 4.79 Å². The summed E-state index contributed by atoms with van der Waals surface area (Å²) in [5.41, 5.74) is 4.54. The molecule has 0 radical (unpaired) electrons. The number of rotatable bonds is 7. The summed E-state index contributed by atoms with van der Waals surface area (Å²) >= 11 is 0. The van der Waals surface area contributed by atoms with Crippen LogP contribution in [-0.2, 0) is 9.53 Å². The van der Waals surface area contributed by atoms with E-state index in [1.165, 1.54) is 7.05 Å². The maximum absolute atomic E-state index is 12.4. The Bertz CT molecular complexity index is 815. The van der Waals surface area contributed by atoms with Crippen LogP contribution in [0.1, 0.15) is 29.9 Å². The van der Waals surface area contributed by atoms with Gasteiger partial charge in [-0.2, -0.15) is 0 Å². The lowest BCUT2D eigenvalue weighted by molar-refractivity contribution is -0.142. The molecule has 0 bridgehead atoms. The SMILES string of the molecule is C=CCC[C@@H](C(=O)O)N(C)C(=O)OCC1c2ccccc2-c2ccccc21. The van der Waals surface area contributed by atoms with E-state index in [-0.39, 0.29) is 12.5 Å². The minimum atomic E-state index is -1.05. The zero-order valence-corrected chi connectivity index (χ0v) is 15.3. The van der Waals surface area contributed by atoms with Crippen molar-refractivity contribution in [2.24, 2.45) is 0 Å². The van der Waals surface area contributed by atoms with Gasteiger partial charge in [0.2, 0.25) is 0 Å². The van der Waals surface area contributed by atoms with Gasteiger partial charge in [-0.1, -0.05) is 54.6 Å². The minimum absolute atomic E-state index is 0.0498. The number of fused-ring (bicyclic) bond motifs is 3. The fraction of sp³-hybridized carbons (Fsp3) is 0.273. The van der Waals surface area contributed by atoms with Crippen molar-refractivity contribution in [3.8, 4) is 11.1 Å². The molecule has 27 heavy (non-hydrogen) atoms. The number of carboxylic acids is 1. The largest absolute Gasteiger partial charge is 0.480 e. The molecule has 3 rings (SSSR count). The smallest absolute Gasteiger partial charge is 0.410 e. The number of benzene rings is 2. The average molecular weight is 365 g/mol. The van der Waals surface area contributed by atoms with Crippen molar-refractivity contribution in [2.75, 3.05) is 13.7 Å². The number of ether oxygens (including phenoxy) is 1. The van der Waals surface area contributed by atoms with E-state index in [0.717, 1.165) is 27.2 Å². The van der Waals surface area contributed by atoms with Gasteiger partial charge in [0.15, 0.2) is 0 Å². The molecule has 5 heteroatoms. The third-order valence-electron chi connectivity index (χ3n) is 5.02. The van der Waals surface area contributed by atoms with Crippen molar-refractivity contribution in [3.05, 3.63) is 72.3 Å². The molecule has 140 valence electrons. The number of hydrogen-bond donors (Lipinski definition) is 1. The summed E-state index contributed by atoms with van der Waals surface area (Å²) in [6.45, 7) is 3.77. The highest BCUT2D eigenvalue weighted by Gasteiger charge is 2.31. The Kier molecular flexibility index (Phi) is 5.60. The van der Waals surface area contributed by atoms with Crippen LogP contribution in [0.3, 0.4) is 0 Å². The van der Waals surface area contributed by atoms with Crippen molar-refractivity contribution in [2.45, 2.75) is 24.8 Å². The maximum Gasteiger partial charge on any atom is 0.410 e. The van der Waals surface area contributed by atoms with Crippen molar-refractivity contribution in [1.82, 2.24) is 4.90 Å². The monoisotopic (exact) mass is 365 g/mol. The van der Waals surface area contributed by atoms with Gasteiger partial charge < -0.3 is 9.84 Å². The minimum Gasteiger partial charge on any atom is -0.480 e. The van der Waals surface area contributed by atoms with Crippen molar-refractivity contribution >= 4 is 12.1 Å². The zero-order chi connectivity index (χ0) is 19.4. The first-order valence-corrected chi connectivity index (χ1v) is 8.96. The number of likely N-dealkylation sites (N-methyl/N-ethyl adjacent to an activating group) is 1. The van der Waals surface area contributed by atoms with Crippen LogP contribution >= 0.6 is 0 Å². The molecular weight excluding hydrogens is 342 g/mol. The molecule has 0 saturated heterocycles. The summed E-state index contributed by atoms with van der Waals surface area (Å²) in [6.07, 6.45) is 1.83. The predicted octanol–water partition coefficient (Wildman–Crippen LogP) is 4.29. The molecule has 2 aromatic carbocycles. The highest BCUT2D eigenvalue weighted by molar-refractivity contribution is 5.81. The lowest BCUT2D eigenvalue weighted by Crippen LogP contribution is -2.42. The number of hydrogen-bond acceptors (Lipinski definition) is 3. The van der Waals surface area contributed by atoms with Crippen LogP contribution in [-0.4, -0.2) is 41.8 Å². The second-order valence-corrected chi connectivity index (χ2v) is 6.63. The van der Waals surface area contributed by atoms with Crippen LogP contribution in [0.5, 0.6) is 0 Å². The van der Waals surface area contributed by atoms with E-state index in [2.05, 4.69) is 18.7 Å². The highest BCUT2D eigenvalue weighted by Crippen LogP contribution is 2.44. The molecule has 1 aliphatic rings. The Morgan fingerprint density at radius 1 is 1.15 bits per heavy atom. The molecule has 5 nitrogen and oxygen atoms in total. The van der Waals surface area contributed by atoms with Crippen LogP contribution in [0, 0.1) is 0 Å². The van der Waals surface area contributed by atoms with E-state index in [0.29, 0.717) is 12.8 Å². The Labute approximate surface area is 158 Å². The summed E-state index contributed by atoms with van der Waals surface area (Å²) < 4.78 is 5.51. The maximum atomic E-state index is 12.4. The predicted molar refractivity (Wildman–Crippen MR) is 104 cm³/mol. The molecule has 1 atom stereocenters. The molecule has 1 N–H and O–H groups in total. The van der Waals surface area contributed by atoms with Crippen LogP contribution < -0.4 is 0 Å². The number of carbonyl (C=O) groups is 2. The van der Waals surface area contributed by atoms with Crippen LogP contribution in [0.15, 0.2) is 61.2 Å². The van der Waals surface area contributed by atoms with Crippen LogP contribution in [0.25, 0.3) is 11.1 Å². The van der Waals surface area contributed by atoms with Crippen molar-refractivity contribution < 1.29 is 19.4 Å². The van der Waals surface area contributed by atoms with Gasteiger partial charge in [-0.15, -0.1) is 6.58 Å². The van der Waals surface area contributed by atoms with E-state index in [1.807, 2.05) is 36.4 Å². The van der Waals surface area contributed by atoms with Crippen LogP contribution in [0.2, 0.25) is 0 Å². The van der Waals surface area contributed by atoms with Gasteiger partial charge in [-0.3, -0.25) is 4.90 Å². The van der Waals surface area contributed by atoms with Crippen molar-refractivity contribution in [1.29, 1.82) is 0 Å². The van der Waals surface area contributed by atoms with Gasteiger partial charge in [-0.25, -0.2) is 9.59 Å². The molecule has 0 fully saturated rings. The second-order valence-electron chi connectivity index (χ2n) is 6.63. The molecular formula is C22H23NO4. The number of carbonyl (C=O) groups excluding carboxylic acids is 1. The topological polar surface area (TPSA) is 66.8 Å². The Hall–Kier alpha value is -3.08. The first-order valence-electron chi connectivity index (χ1n) is 8.96. The molecule has 0 saturated carbocycles. The van der Waals surface area contributed by atoms with E-state index in [1.54, 1.807) is 6.08 Å². The Morgan fingerprint density at radius 3 is 2.22 bits per heavy atom. The van der Waals surface area contributed by atoms with E-state index in [9.17, 15) is 14.7 Å². The molecule has 2 aromatic rings. The second kappa shape index (κ2) is 8.08. The quantitative estimate of drug-likeness (QED) is 0.744. The summed E-state index contributed by atoms with van der Waals surface area (Å²) in [6, 6.07) is 15.2. The third kappa shape index (κ3) is 3.72. The summed E-state index contributed by atoms with van der Waals surface area (Å²) in [4.78, 5) is 25.1. The number of carboxylic acid groups (broad SMARTS) is 1. The molecule has 1 amide bonds. The Morgan fingerprint density at radius 2 is 1.70 bits per heavy atom. The van der Waals surface area contributed by atoms with E-state index >= 15 is 0 Å². The van der Waals surface area contributed by atoms with Crippen molar-refractivity contribution in [3.63, 3.8) is 0 Å². The summed E-state index contributed by atoms with van der Waals surface area (Å²) in [5.74, 6) is -1.10. The number of aliphatic carboxylic acids is 1.